The van der Waals surface area contributed by atoms with Crippen molar-refractivity contribution in [1.29, 1.82) is 0 Å². The first kappa shape index (κ1) is 30.1. The molecule has 0 heterocycles. The molecular weight excluding hydrogens is 538 g/mol. The van der Waals surface area contributed by atoms with Gasteiger partial charge in [-0.15, -0.1) is 0 Å². The molecule has 1 atom stereocenters. The van der Waals surface area contributed by atoms with E-state index in [0.717, 1.165) is 41.1 Å². The van der Waals surface area contributed by atoms with Crippen LogP contribution < -0.4 is 14.4 Å². The minimum Gasteiger partial charge on any atom is -0.494 e. The quantitative estimate of drug-likeness (QED) is 0.325. The zero-order valence-corrected chi connectivity index (χ0v) is 24.8. The first-order valence-corrected chi connectivity index (χ1v) is 15.6. The van der Waals surface area contributed by atoms with Gasteiger partial charge in [0.05, 0.1) is 17.2 Å². The van der Waals surface area contributed by atoms with E-state index in [2.05, 4.69) is 5.32 Å². The molecule has 2 amide bonds. The Morgan fingerprint density at radius 1 is 0.951 bits per heavy atom. The normalized spacial score (nSPS) is 14.3. The lowest BCUT2D eigenvalue weighted by Gasteiger charge is -2.32. The number of aryl methyl sites for hydroxylation is 1. The second kappa shape index (κ2) is 13.7. The van der Waals surface area contributed by atoms with E-state index >= 15 is 0 Å². The summed E-state index contributed by atoms with van der Waals surface area (Å²) in [7, 11) is -4.13. The Kier molecular flexibility index (Phi) is 10.0. The molecule has 0 aromatic heterocycles. The summed E-state index contributed by atoms with van der Waals surface area (Å²) in [5, 5.41) is 3.09. The zero-order chi connectivity index (χ0) is 29.4. The molecule has 3 aromatic rings. The molecule has 8 nitrogen and oxygen atoms in total. The summed E-state index contributed by atoms with van der Waals surface area (Å²) in [6.45, 7) is 5.69. The molecule has 1 fully saturated rings. The number of nitrogens with one attached hydrogen (secondary N) is 1. The highest BCUT2D eigenvalue weighted by Gasteiger charge is 2.33. The Morgan fingerprint density at radius 3 is 2.20 bits per heavy atom. The zero-order valence-electron chi connectivity index (χ0n) is 24.0. The van der Waals surface area contributed by atoms with Gasteiger partial charge >= 0.3 is 0 Å². The maximum atomic E-state index is 14.0. The molecule has 3 aromatic carbocycles. The molecule has 0 spiro atoms. The number of para-hydroxylation sites is 1. The van der Waals surface area contributed by atoms with Gasteiger partial charge in [-0.2, -0.15) is 0 Å². The average Bonchev–Trinajstić information content (AvgIpc) is 3.49. The van der Waals surface area contributed by atoms with Crippen LogP contribution in [0.4, 0.5) is 5.69 Å². The van der Waals surface area contributed by atoms with Crippen molar-refractivity contribution in [3.8, 4) is 5.75 Å². The SMILES string of the molecule is CCOc1ccc(S(=O)(=O)N(CC(=O)N(Cc2ccc(C)cc2)[C@@H](C)C(=O)NC2CCCC2)c2ccccc2)cc1. The highest BCUT2D eigenvalue weighted by Crippen LogP contribution is 2.26. The number of carbonyl (C=O) groups is 2. The number of hydrogen-bond donors (Lipinski definition) is 1. The minimum atomic E-state index is -4.13. The van der Waals surface area contributed by atoms with Crippen molar-refractivity contribution in [3.05, 3.63) is 90.0 Å². The molecular formula is C32H39N3O5S. The van der Waals surface area contributed by atoms with Gasteiger partial charge < -0.3 is 15.0 Å². The lowest BCUT2D eigenvalue weighted by molar-refractivity contribution is -0.139. The molecule has 218 valence electrons. The van der Waals surface area contributed by atoms with Gasteiger partial charge in [0, 0.05) is 12.6 Å². The van der Waals surface area contributed by atoms with Gasteiger partial charge in [0.25, 0.3) is 10.0 Å². The molecule has 1 saturated carbocycles. The van der Waals surface area contributed by atoms with Crippen LogP contribution in [-0.2, 0) is 26.2 Å². The fourth-order valence-corrected chi connectivity index (χ4v) is 6.40. The molecule has 1 aliphatic carbocycles. The van der Waals surface area contributed by atoms with Crippen LogP contribution in [0.5, 0.6) is 5.75 Å². The van der Waals surface area contributed by atoms with Crippen molar-refractivity contribution in [1.82, 2.24) is 10.2 Å². The summed E-state index contributed by atoms with van der Waals surface area (Å²) in [5.74, 6) is -0.156. The predicted molar refractivity (Wildman–Crippen MR) is 160 cm³/mol. The summed E-state index contributed by atoms with van der Waals surface area (Å²) in [4.78, 5) is 28.8. The van der Waals surface area contributed by atoms with Crippen LogP contribution in [0.25, 0.3) is 0 Å². The lowest BCUT2D eigenvalue weighted by Crippen LogP contribution is -2.52. The van der Waals surface area contributed by atoms with Gasteiger partial charge in [-0.05, 0) is 75.6 Å². The summed E-state index contributed by atoms with van der Waals surface area (Å²) < 4.78 is 34.4. The molecule has 0 aliphatic heterocycles. The van der Waals surface area contributed by atoms with E-state index in [1.54, 1.807) is 49.4 Å². The molecule has 1 aliphatic rings. The van der Waals surface area contributed by atoms with Crippen LogP contribution in [-0.4, -0.2) is 50.4 Å². The van der Waals surface area contributed by atoms with Gasteiger partial charge in [-0.3, -0.25) is 13.9 Å². The van der Waals surface area contributed by atoms with Crippen LogP contribution in [0.3, 0.4) is 0 Å². The third kappa shape index (κ3) is 7.67. The van der Waals surface area contributed by atoms with E-state index in [9.17, 15) is 18.0 Å². The molecule has 9 heteroatoms. The van der Waals surface area contributed by atoms with Crippen LogP contribution in [0.1, 0.15) is 50.7 Å². The summed E-state index contributed by atoms with van der Waals surface area (Å²) in [6.07, 6.45) is 3.99. The molecule has 0 radical (unpaired) electrons. The van der Waals surface area contributed by atoms with E-state index in [-0.39, 0.29) is 23.4 Å². The van der Waals surface area contributed by atoms with Crippen molar-refractivity contribution >= 4 is 27.5 Å². The predicted octanol–water partition coefficient (Wildman–Crippen LogP) is 5.07. The fraction of sp³-hybridized carbons (Fsp3) is 0.375. The Balaban J connectivity index is 1.65. The highest BCUT2D eigenvalue weighted by atomic mass is 32.2. The topological polar surface area (TPSA) is 96.0 Å². The van der Waals surface area contributed by atoms with Crippen LogP contribution in [0.15, 0.2) is 83.8 Å². The van der Waals surface area contributed by atoms with Gasteiger partial charge in [0.2, 0.25) is 11.8 Å². The van der Waals surface area contributed by atoms with Crippen LogP contribution in [0.2, 0.25) is 0 Å². The molecule has 41 heavy (non-hydrogen) atoms. The number of benzene rings is 3. The maximum Gasteiger partial charge on any atom is 0.264 e. The van der Waals surface area contributed by atoms with Crippen molar-refractivity contribution in [2.45, 2.75) is 70.0 Å². The van der Waals surface area contributed by atoms with Gasteiger partial charge in [-0.25, -0.2) is 8.42 Å². The van der Waals surface area contributed by atoms with E-state index in [1.165, 1.54) is 17.0 Å². The Labute approximate surface area is 243 Å². The van der Waals surface area contributed by atoms with Crippen molar-refractivity contribution < 1.29 is 22.7 Å². The number of anilines is 1. The molecule has 4 rings (SSSR count). The highest BCUT2D eigenvalue weighted by molar-refractivity contribution is 7.92. The first-order chi connectivity index (χ1) is 19.7. The molecule has 0 unspecified atom stereocenters. The number of amides is 2. The van der Waals surface area contributed by atoms with Crippen LogP contribution in [0, 0.1) is 6.92 Å². The number of carbonyl (C=O) groups excluding carboxylic acids is 2. The molecule has 0 saturated heterocycles. The van der Waals surface area contributed by atoms with Crippen LogP contribution >= 0.6 is 0 Å². The molecule has 1 N–H and O–H groups in total. The van der Waals surface area contributed by atoms with E-state index in [4.69, 9.17) is 4.74 Å². The number of sulfonamides is 1. The lowest BCUT2D eigenvalue weighted by atomic mass is 10.1. The Morgan fingerprint density at radius 2 is 1.59 bits per heavy atom. The summed E-state index contributed by atoms with van der Waals surface area (Å²) in [6, 6.07) is 21.7. The van der Waals surface area contributed by atoms with Crippen molar-refractivity contribution in [2.75, 3.05) is 17.5 Å². The third-order valence-corrected chi connectivity index (χ3v) is 9.18. The summed E-state index contributed by atoms with van der Waals surface area (Å²) >= 11 is 0. The van der Waals surface area contributed by atoms with E-state index < -0.39 is 28.5 Å². The first-order valence-electron chi connectivity index (χ1n) is 14.1. The third-order valence-electron chi connectivity index (χ3n) is 7.39. The largest absolute Gasteiger partial charge is 0.494 e. The Hall–Kier alpha value is -3.85. The number of hydrogen-bond acceptors (Lipinski definition) is 5. The number of ether oxygens (including phenoxy) is 1. The fourth-order valence-electron chi connectivity index (χ4n) is 4.99. The second-order valence-electron chi connectivity index (χ2n) is 10.4. The van der Waals surface area contributed by atoms with Gasteiger partial charge in [0.1, 0.15) is 18.3 Å². The monoisotopic (exact) mass is 577 g/mol. The standard InChI is InChI=1S/C32H39N3O5S/c1-4-40-29-18-20-30(21-19-29)41(38,39)35(28-12-6-5-7-13-28)23-31(36)34(22-26-16-14-24(2)15-17-26)25(3)32(37)33-27-10-8-9-11-27/h5-7,12-21,25,27H,4,8-11,22-23H2,1-3H3,(H,33,37)/t25-/m0/s1. The maximum absolute atomic E-state index is 14.0. The molecule has 0 bridgehead atoms. The van der Waals surface area contributed by atoms with E-state index in [1.807, 2.05) is 38.1 Å². The Bertz CT molecular complexity index is 1400. The van der Waals surface area contributed by atoms with Crippen molar-refractivity contribution in [2.24, 2.45) is 0 Å². The van der Waals surface area contributed by atoms with Crippen molar-refractivity contribution in [3.63, 3.8) is 0 Å². The van der Waals surface area contributed by atoms with Gasteiger partial charge in [0.15, 0.2) is 0 Å². The average molecular weight is 578 g/mol. The minimum absolute atomic E-state index is 0.0368. The number of nitrogens with zero attached hydrogens (tertiary/aromatic N) is 2. The summed E-state index contributed by atoms with van der Waals surface area (Å²) in [5.41, 5.74) is 2.29. The van der Waals surface area contributed by atoms with Gasteiger partial charge in [-0.1, -0.05) is 60.9 Å². The van der Waals surface area contributed by atoms with E-state index in [0.29, 0.717) is 18.0 Å². The smallest absolute Gasteiger partial charge is 0.264 e. The number of rotatable bonds is 12. The second-order valence-corrected chi connectivity index (χ2v) is 12.3.